The van der Waals surface area contributed by atoms with Gasteiger partial charge < -0.3 is 0 Å². The Labute approximate surface area is 131 Å². The van der Waals surface area contributed by atoms with Crippen LogP contribution in [0.3, 0.4) is 0 Å². The third kappa shape index (κ3) is 3.51. The van der Waals surface area contributed by atoms with Gasteiger partial charge in [0.1, 0.15) is 4.90 Å². The number of aryl methyl sites for hydroxylation is 2. The first-order valence-electron chi connectivity index (χ1n) is 5.67. The van der Waals surface area contributed by atoms with E-state index in [0.717, 1.165) is 15.6 Å². The second-order valence-electron chi connectivity index (χ2n) is 4.14. The van der Waals surface area contributed by atoms with Gasteiger partial charge in [-0.05, 0) is 32.0 Å². The summed E-state index contributed by atoms with van der Waals surface area (Å²) in [4.78, 5) is 5.11. The number of hydrogen-bond donors (Lipinski definition) is 1. The molecule has 0 radical (unpaired) electrons. The van der Waals surface area contributed by atoms with Crippen LogP contribution < -0.4 is 4.72 Å². The summed E-state index contributed by atoms with van der Waals surface area (Å²) in [5.74, 6) is 0. The van der Waals surface area contributed by atoms with Crippen LogP contribution in [0.2, 0.25) is 10.0 Å². The van der Waals surface area contributed by atoms with Gasteiger partial charge in [-0.2, -0.15) is 0 Å². The lowest BCUT2D eigenvalue weighted by Gasteiger charge is -2.08. The molecular weight excluding hydrogens is 339 g/mol. The van der Waals surface area contributed by atoms with Crippen molar-refractivity contribution in [2.45, 2.75) is 25.3 Å². The van der Waals surface area contributed by atoms with Crippen molar-refractivity contribution in [3.63, 3.8) is 0 Å². The predicted molar refractivity (Wildman–Crippen MR) is 82.1 cm³/mol. The maximum absolute atomic E-state index is 12.2. The molecule has 0 aliphatic heterocycles. The highest BCUT2D eigenvalue weighted by molar-refractivity contribution is 7.89. The van der Waals surface area contributed by atoms with E-state index in [9.17, 15) is 8.42 Å². The normalized spacial score (nSPS) is 11.8. The Hall–Kier alpha value is -0.660. The van der Waals surface area contributed by atoms with Crippen molar-refractivity contribution in [1.29, 1.82) is 0 Å². The zero-order valence-electron chi connectivity index (χ0n) is 10.8. The molecule has 1 heterocycles. The van der Waals surface area contributed by atoms with Gasteiger partial charge in [-0.25, -0.2) is 18.1 Å². The summed E-state index contributed by atoms with van der Waals surface area (Å²) in [6.45, 7) is 3.91. The second-order valence-corrected chi connectivity index (χ2v) is 8.01. The average Bonchev–Trinajstić information content (AvgIpc) is 2.68. The van der Waals surface area contributed by atoms with Crippen LogP contribution in [0.4, 0.5) is 0 Å². The molecule has 108 valence electrons. The van der Waals surface area contributed by atoms with Gasteiger partial charge in [0.05, 0.1) is 15.7 Å². The summed E-state index contributed by atoms with van der Waals surface area (Å²) in [6.07, 6.45) is 0. The number of nitrogens with zero attached hydrogens (tertiary/aromatic N) is 1. The molecule has 0 saturated heterocycles. The van der Waals surface area contributed by atoms with E-state index in [1.165, 1.54) is 23.5 Å². The lowest BCUT2D eigenvalue weighted by Crippen LogP contribution is -2.23. The zero-order chi connectivity index (χ0) is 14.9. The molecule has 1 N–H and O–H groups in total. The number of halogens is 2. The molecule has 0 atom stereocenters. The monoisotopic (exact) mass is 350 g/mol. The van der Waals surface area contributed by atoms with E-state index in [-0.39, 0.29) is 16.5 Å². The first-order valence-corrected chi connectivity index (χ1v) is 8.73. The van der Waals surface area contributed by atoms with Gasteiger partial charge in [0.2, 0.25) is 10.0 Å². The van der Waals surface area contributed by atoms with Crippen LogP contribution in [-0.4, -0.2) is 13.4 Å². The molecule has 2 aromatic rings. The second kappa shape index (κ2) is 5.99. The lowest BCUT2D eigenvalue weighted by molar-refractivity contribution is 0.581. The van der Waals surface area contributed by atoms with Crippen LogP contribution in [0.25, 0.3) is 0 Å². The number of benzene rings is 1. The number of nitrogens with one attached hydrogen (secondary N) is 1. The Kier molecular flexibility index (Phi) is 4.71. The topological polar surface area (TPSA) is 59.1 Å². The van der Waals surface area contributed by atoms with E-state index < -0.39 is 10.0 Å². The van der Waals surface area contributed by atoms with Gasteiger partial charge in [-0.15, -0.1) is 11.3 Å². The van der Waals surface area contributed by atoms with Gasteiger partial charge in [-0.1, -0.05) is 23.2 Å². The van der Waals surface area contributed by atoms with Gasteiger partial charge in [0.25, 0.3) is 0 Å². The summed E-state index contributed by atoms with van der Waals surface area (Å²) in [7, 11) is -3.71. The first kappa shape index (κ1) is 15.7. The minimum absolute atomic E-state index is 0.0226. The summed E-state index contributed by atoms with van der Waals surface area (Å²) in [5, 5.41) is 1.36. The molecule has 0 bridgehead atoms. The number of aromatic nitrogens is 1. The highest BCUT2D eigenvalue weighted by Gasteiger charge is 2.19. The molecule has 2 rings (SSSR count). The minimum atomic E-state index is -3.71. The fraction of sp³-hybridized carbons (Fsp3) is 0.250. The molecule has 0 spiro atoms. The minimum Gasteiger partial charge on any atom is -0.247 e. The van der Waals surface area contributed by atoms with E-state index in [0.29, 0.717) is 5.02 Å². The molecule has 20 heavy (non-hydrogen) atoms. The van der Waals surface area contributed by atoms with Crippen molar-refractivity contribution in [1.82, 2.24) is 9.71 Å². The molecule has 8 heteroatoms. The highest BCUT2D eigenvalue weighted by atomic mass is 35.5. The van der Waals surface area contributed by atoms with E-state index in [4.69, 9.17) is 23.2 Å². The molecule has 0 unspecified atom stereocenters. The van der Waals surface area contributed by atoms with Crippen LogP contribution in [0.15, 0.2) is 23.1 Å². The van der Waals surface area contributed by atoms with Gasteiger partial charge in [-0.3, -0.25) is 0 Å². The molecule has 1 aromatic heterocycles. The molecule has 0 fully saturated rings. The number of hydrogen-bond acceptors (Lipinski definition) is 4. The Balaban J connectivity index is 2.23. The molecule has 0 aliphatic rings. The van der Waals surface area contributed by atoms with E-state index >= 15 is 0 Å². The third-order valence-electron chi connectivity index (χ3n) is 2.61. The van der Waals surface area contributed by atoms with Gasteiger partial charge in [0, 0.05) is 16.4 Å². The van der Waals surface area contributed by atoms with Crippen molar-refractivity contribution in [2.75, 3.05) is 0 Å². The van der Waals surface area contributed by atoms with Crippen molar-refractivity contribution >= 4 is 44.6 Å². The molecule has 0 aliphatic carbocycles. The first-order chi connectivity index (χ1) is 9.29. The van der Waals surface area contributed by atoms with Crippen LogP contribution in [0, 0.1) is 13.8 Å². The highest BCUT2D eigenvalue weighted by Crippen LogP contribution is 2.25. The molecular formula is C12H12Cl2N2O2S2. The molecule has 1 aromatic carbocycles. The maximum atomic E-state index is 12.2. The number of rotatable bonds is 4. The van der Waals surface area contributed by atoms with Crippen molar-refractivity contribution in [3.05, 3.63) is 43.8 Å². The Bertz CT molecular complexity index is 742. The average molecular weight is 351 g/mol. The fourth-order valence-electron chi connectivity index (χ4n) is 1.66. The Morgan fingerprint density at radius 2 is 2.00 bits per heavy atom. The largest absolute Gasteiger partial charge is 0.247 e. The zero-order valence-corrected chi connectivity index (χ0v) is 13.9. The van der Waals surface area contributed by atoms with Crippen molar-refractivity contribution < 1.29 is 8.42 Å². The van der Waals surface area contributed by atoms with Crippen LogP contribution in [-0.2, 0) is 16.6 Å². The van der Waals surface area contributed by atoms with Gasteiger partial charge in [0.15, 0.2) is 0 Å². The predicted octanol–water partition coefficient (Wildman–Crippen LogP) is 3.55. The Morgan fingerprint density at radius 1 is 1.30 bits per heavy atom. The van der Waals surface area contributed by atoms with E-state index in [1.807, 2.05) is 13.8 Å². The molecule has 4 nitrogen and oxygen atoms in total. The summed E-state index contributed by atoms with van der Waals surface area (Å²) < 4.78 is 27.0. The van der Waals surface area contributed by atoms with Crippen LogP contribution in [0.5, 0.6) is 0 Å². The summed E-state index contributed by atoms with van der Waals surface area (Å²) >= 11 is 13.2. The van der Waals surface area contributed by atoms with Gasteiger partial charge >= 0.3 is 0 Å². The number of thiazole rings is 1. The standard InChI is InChI=1S/C12H12Cl2N2O2S2/c1-7-11(19-8(2)16-7)6-15-20(17,18)12-5-9(13)3-4-10(12)14/h3-5,15H,6H2,1-2H3. The Morgan fingerprint density at radius 3 is 2.60 bits per heavy atom. The van der Waals surface area contributed by atoms with E-state index in [1.54, 1.807) is 6.07 Å². The molecule has 0 amide bonds. The smallest absolute Gasteiger partial charge is 0.242 e. The maximum Gasteiger partial charge on any atom is 0.242 e. The van der Waals surface area contributed by atoms with Crippen molar-refractivity contribution in [2.24, 2.45) is 0 Å². The third-order valence-corrected chi connectivity index (χ3v) is 5.80. The summed E-state index contributed by atoms with van der Waals surface area (Å²) in [6, 6.07) is 4.33. The van der Waals surface area contributed by atoms with Crippen molar-refractivity contribution in [3.8, 4) is 0 Å². The quantitative estimate of drug-likeness (QED) is 0.917. The SMILES string of the molecule is Cc1nc(C)c(CNS(=O)(=O)c2cc(Cl)ccc2Cl)s1. The lowest BCUT2D eigenvalue weighted by atomic mass is 10.4. The van der Waals surface area contributed by atoms with Crippen LogP contribution in [0.1, 0.15) is 15.6 Å². The number of sulfonamides is 1. The van der Waals surface area contributed by atoms with E-state index in [2.05, 4.69) is 9.71 Å². The fourth-order valence-corrected chi connectivity index (χ4v) is 4.38. The van der Waals surface area contributed by atoms with Crippen LogP contribution >= 0.6 is 34.5 Å². The summed E-state index contributed by atoms with van der Waals surface area (Å²) in [5.41, 5.74) is 0.826. The molecule has 0 saturated carbocycles.